The van der Waals surface area contributed by atoms with Gasteiger partial charge in [0.15, 0.2) is 0 Å². The van der Waals surface area contributed by atoms with Gasteiger partial charge in [0.2, 0.25) is 11.0 Å². The highest BCUT2D eigenvalue weighted by Crippen LogP contribution is 2.27. The van der Waals surface area contributed by atoms with E-state index in [1.165, 1.54) is 11.5 Å². The maximum Gasteiger partial charge on any atom is 0.222 e. The molecular weight excluding hydrogens is 284 g/mol. The average Bonchev–Trinajstić information content (AvgIpc) is 2.88. The second kappa shape index (κ2) is 6.30. The molecule has 0 saturated carbocycles. The van der Waals surface area contributed by atoms with E-state index in [-0.39, 0.29) is 23.3 Å². The van der Waals surface area contributed by atoms with Crippen molar-refractivity contribution in [2.75, 3.05) is 18.0 Å². The molecule has 1 fully saturated rings. The normalized spacial score (nSPS) is 19.9. The van der Waals surface area contributed by atoms with Crippen molar-refractivity contribution in [2.24, 2.45) is 5.92 Å². The number of amides is 1. The summed E-state index contributed by atoms with van der Waals surface area (Å²) in [7, 11) is 0. The fourth-order valence-corrected chi connectivity index (χ4v) is 3.18. The van der Waals surface area contributed by atoms with Gasteiger partial charge in [0.25, 0.3) is 0 Å². The first kappa shape index (κ1) is 16.2. The number of aromatic nitrogens is 2. The van der Waals surface area contributed by atoms with E-state index in [4.69, 9.17) is 0 Å². The summed E-state index contributed by atoms with van der Waals surface area (Å²) < 4.78 is 4.48. The van der Waals surface area contributed by atoms with Gasteiger partial charge in [0.1, 0.15) is 5.82 Å². The van der Waals surface area contributed by atoms with E-state index in [0.717, 1.165) is 36.9 Å². The Labute approximate surface area is 131 Å². The lowest BCUT2D eigenvalue weighted by atomic mass is 9.96. The number of nitrogens with zero attached hydrogens (tertiary/aromatic N) is 3. The molecule has 6 heteroatoms. The van der Waals surface area contributed by atoms with Crippen LogP contribution in [-0.4, -0.2) is 34.4 Å². The van der Waals surface area contributed by atoms with Gasteiger partial charge < -0.3 is 10.2 Å². The first-order valence-electron chi connectivity index (χ1n) is 7.67. The van der Waals surface area contributed by atoms with Crippen LogP contribution < -0.4 is 10.2 Å². The van der Waals surface area contributed by atoms with Crippen LogP contribution in [0, 0.1) is 5.92 Å². The maximum atomic E-state index is 11.8. The predicted octanol–water partition coefficient (Wildman–Crippen LogP) is 2.58. The van der Waals surface area contributed by atoms with Crippen molar-refractivity contribution in [1.29, 1.82) is 0 Å². The summed E-state index contributed by atoms with van der Waals surface area (Å²) in [6, 6.07) is 0.218. The molecule has 1 aromatic heterocycles. The first-order valence-corrected chi connectivity index (χ1v) is 8.44. The van der Waals surface area contributed by atoms with E-state index < -0.39 is 0 Å². The molecule has 1 amide bonds. The maximum absolute atomic E-state index is 11.8. The van der Waals surface area contributed by atoms with Crippen LogP contribution in [0.2, 0.25) is 0 Å². The molecule has 1 N–H and O–H groups in total. The van der Waals surface area contributed by atoms with Gasteiger partial charge in [-0.2, -0.15) is 4.37 Å². The van der Waals surface area contributed by atoms with Gasteiger partial charge in [0, 0.05) is 42.0 Å². The SMILES string of the molecule is CC(C)C(=O)NC1CCCN(c2nc(C(C)(C)C)ns2)C1. The summed E-state index contributed by atoms with van der Waals surface area (Å²) in [5.41, 5.74) is -0.0181. The van der Waals surface area contributed by atoms with Crippen LogP contribution in [0.1, 0.15) is 53.3 Å². The number of carbonyl (C=O) groups excluding carboxylic acids is 1. The number of piperidine rings is 1. The van der Waals surface area contributed by atoms with Crippen LogP contribution in [0.3, 0.4) is 0 Å². The molecule has 1 aliphatic heterocycles. The smallest absolute Gasteiger partial charge is 0.222 e. The molecule has 1 unspecified atom stereocenters. The summed E-state index contributed by atoms with van der Waals surface area (Å²) in [5, 5.41) is 4.11. The number of hydrogen-bond acceptors (Lipinski definition) is 5. The first-order chi connectivity index (χ1) is 9.77. The van der Waals surface area contributed by atoms with Crippen molar-refractivity contribution in [3.8, 4) is 0 Å². The molecule has 0 bridgehead atoms. The van der Waals surface area contributed by atoms with Crippen molar-refractivity contribution >= 4 is 22.6 Å². The minimum Gasteiger partial charge on any atom is -0.351 e. The zero-order chi connectivity index (χ0) is 15.6. The summed E-state index contributed by atoms with van der Waals surface area (Å²) in [6.45, 7) is 12.1. The molecule has 21 heavy (non-hydrogen) atoms. The Morgan fingerprint density at radius 3 is 2.71 bits per heavy atom. The Hall–Kier alpha value is -1.17. The molecular formula is C15H26N4OS. The van der Waals surface area contributed by atoms with Crippen LogP contribution >= 0.6 is 11.5 Å². The van der Waals surface area contributed by atoms with Gasteiger partial charge >= 0.3 is 0 Å². The topological polar surface area (TPSA) is 58.1 Å². The number of anilines is 1. The van der Waals surface area contributed by atoms with E-state index in [1.807, 2.05) is 13.8 Å². The summed E-state index contributed by atoms with van der Waals surface area (Å²) in [6.07, 6.45) is 2.12. The third-order valence-corrected chi connectivity index (χ3v) is 4.43. The Kier molecular flexibility index (Phi) is 4.86. The molecule has 0 spiro atoms. The Morgan fingerprint density at radius 1 is 1.43 bits per heavy atom. The van der Waals surface area contributed by atoms with Gasteiger partial charge in [-0.1, -0.05) is 34.6 Å². The molecule has 0 aliphatic carbocycles. The Balaban J connectivity index is 2.01. The van der Waals surface area contributed by atoms with Crippen molar-refractivity contribution in [1.82, 2.24) is 14.7 Å². The largest absolute Gasteiger partial charge is 0.351 e. The van der Waals surface area contributed by atoms with Crippen LogP contribution in [0.4, 0.5) is 5.13 Å². The molecule has 0 radical (unpaired) electrons. The molecule has 1 aromatic rings. The monoisotopic (exact) mass is 310 g/mol. The highest BCUT2D eigenvalue weighted by Gasteiger charge is 2.26. The highest BCUT2D eigenvalue weighted by atomic mass is 32.1. The lowest BCUT2D eigenvalue weighted by Crippen LogP contribution is -2.48. The molecule has 2 rings (SSSR count). The lowest BCUT2D eigenvalue weighted by molar-refractivity contribution is -0.124. The van der Waals surface area contributed by atoms with Gasteiger partial charge in [-0.05, 0) is 12.8 Å². The van der Waals surface area contributed by atoms with E-state index in [1.54, 1.807) is 0 Å². The molecule has 2 heterocycles. The van der Waals surface area contributed by atoms with E-state index in [0.29, 0.717) is 0 Å². The minimum atomic E-state index is -0.0181. The van der Waals surface area contributed by atoms with Gasteiger partial charge in [-0.3, -0.25) is 4.79 Å². The van der Waals surface area contributed by atoms with Crippen molar-refractivity contribution < 1.29 is 4.79 Å². The molecule has 0 aromatic carbocycles. The van der Waals surface area contributed by atoms with Crippen molar-refractivity contribution in [2.45, 2.75) is 58.9 Å². The van der Waals surface area contributed by atoms with Gasteiger partial charge in [0.05, 0.1) is 0 Å². The summed E-state index contributed by atoms with van der Waals surface area (Å²) >= 11 is 1.46. The number of nitrogens with one attached hydrogen (secondary N) is 1. The van der Waals surface area contributed by atoms with E-state index >= 15 is 0 Å². The van der Waals surface area contributed by atoms with Crippen LogP contribution in [0.5, 0.6) is 0 Å². The predicted molar refractivity (Wildman–Crippen MR) is 86.8 cm³/mol. The lowest BCUT2D eigenvalue weighted by Gasteiger charge is -2.33. The fraction of sp³-hybridized carbons (Fsp3) is 0.800. The zero-order valence-electron chi connectivity index (χ0n) is 13.6. The standard InChI is InChI=1S/C15H26N4OS/c1-10(2)12(20)16-11-7-6-8-19(9-11)14-17-13(18-21-14)15(3,4)5/h10-11H,6-9H2,1-5H3,(H,16,20). The number of rotatable bonds is 3. The number of hydrogen-bond donors (Lipinski definition) is 1. The molecule has 1 aliphatic rings. The van der Waals surface area contributed by atoms with E-state index in [2.05, 4.69) is 40.3 Å². The van der Waals surface area contributed by atoms with Gasteiger partial charge in [-0.15, -0.1) is 0 Å². The van der Waals surface area contributed by atoms with Gasteiger partial charge in [-0.25, -0.2) is 4.98 Å². The quantitative estimate of drug-likeness (QED) is 0.932. The molecule has 5 nitrogen and oxygen atoms in total. The Bertz CT molecular complexity index is 492. The third kappa shape index (κ3) is 4.15. The van der Waals surface area contributed by atoms with Crippen molar-refractivity contribution in [3.63, 3.8) is 0 Å². The second-order valence-corrected chi connectivity index (χ2v) is 7.83. The third-order valence-electron chi connectivity index (χ3n) is 3.65. The van der Waals surface area contributed by atoms with Crippen molar-refractivity contribution in [3.05, 3.63) is 5.82 Å². The minimum absolute atomic E-state index is 0.0181. The molecule has 118 valence electrons. The summed E-state index contributed by atoms with van der Waals surface area (Å²) in [5.74, 6) is 1.07. The molecule has 1 saturated heterocycles. The fourth-order valence-electron chi connectivity index (χ4n) is 2.29. The van der Waals surface area contributed by atoms with Crippen LogP contribution in [0.15, 0.2) is 0 Å². The second-order valence-electron chi connectivity index (χ2n) is 7.10. The highest BCUT2D eigenvalue weighted by molar-refractivity contribution is 7.09. The average molecular weight is 310 g/mol. The van der Waals surface area contributed by atoms with Crippen LogP contribution in [0.25, 0.3) is 0 Å². The molecule has 1 atom stereocenters. The summed E-state index contributed by atoms with van der Waals surface area (Å²) in [4.78, 5) is 18.8. The van der Waals surface area contributed by atoms with E-state index in [9.17, 15) is 4.79 Å². The van der Waals surface area contributed by atoms with Crippen LogP contribution in [-0.2, 0) is 10.2 Å². The Morgan fingerprint density at radius 2 is 2.14 bits per heavy atom. The number of carbonyl (C=O) groups is 1. The zero-order valence-corrected chi connectivity index (χ0v) is 14.5.